The highest BCUT2D eigenvalue weighted by Crippen LogP contribution is 2.38. The first-order valence-corrected chi connectivity index (χ1v) is 4.04. The van der Waals surface area contributed by atoms with E-state index in [4.69, 9.17) is 10.5 Å². The van der Waals surface area contributed by atoms with Gasteiger partial charge < -0.3 is 10.5 Å². The van der Waals surface area contributed by atoms with Crippen molar-refractivity contribution in [3.8, 4) is 6.01 Å². The first kappa shape index (κ1) is 7.54. The molecule has 1 aromatic heterocycles. The van der Waals surface area contributed by atoms with Crippen molar-refractivity contribution in [2.24, 2.45) is 5.73 Å². The Bertz CT molecular complexity index is 257. The van der Waals surface area contributed by atoms with Crippen molar-refractivity contribution < 1.29 is 4.74 Å². The molecule has 0 bridgehead atoms. The van der Waals surface area contributed by atoms with Gasteiger partial charge in [-0.1, -0.05) is 5.10 Å². The van der Waals surface area contributed by atoms with Crippen molar-refractivity contribution in [2.45, 2.75) is 25.4 Å². The summed E-state index contributed by atoms with van der Waals surface area (Å²) in [6.07, 6.45) is 2.36. The Morgan fingerprint density at radius 1 is 1.58 bits per heavy atom. The van der Waals surface area contributed by atoms with Crippen LogP contribution in [0.5, 0.6) is 6.01 Å². The maximum Gasteiger partial charge on any atom is 0.316 e. The van der Waals surface area contributed by atoms with Gasteiger partial charge in [0, 0.05) is 6.04 Å². The van der Waals surface area contributed by atoms with E-state index < -0.39 is 0 Å². The van der Waals surface area contributed by atoms with Crippen LogP contribution in [0.2, 0.25) is 0 Å². The summed E-state index contributed by atoms with van der Waals surface area (Å²) in [4.78, 5) is 0. The van der Waals surface area contributed by atoms with E-state index in [0.717, 1.165) is 5.82 Å². The topological polar surface area (TPSA) is 66.0 Å². The van der Waals surface area contributed by atoms with Crippen LogP contribution in [0, 0.1) is 0 Å². The Balaban J connectivity index is 2.36. The number of rotatable bonds is 3. The molecule has 0 spiro atoms. The number of ether oxygens (including phenoxy) is 1. The minimum absolute atomic E-state index is 0.423. The van der Waals surface area contributed by atoms with E-state index in [0.29, 0.717) is 18.6 Å². The predicted octanol–water partition coefficient (Wildman–Crippen LogP) is 0.0803. The fourth-order valence-corrected chi connectivity index (χ4v) is 1.29. The van der Waals surface area contributed by atoms with Crippen LogP contribution in [0.3, 0.4) is 0 Å². The van der Waals surface area contributed by atoms with Gasteiger partial charge in [-0.25, -0.2) is 0 Å². The Morgan fingerprint density at radius 3 is 2.83 bits per heavy atom. The van der Waals surface area contributed by atoms with Gasteiger partial charge in [0.2, 0.25) is 0 Å². The molecule has 12 heavy (non-hydrogen) atoms. The Morgan fingerprint density at radius 2 is 2.33 bits per heavy atom. The van der Waals surface area contributed by atoms with Crippen LogP contribution in [0.1, 0.15) is 24.7 Å². The third-order valence-electron chi connectivity index (χ3n) is 2.01. The van der Waals surface area contributed by atoms with Crippen LogP contribution in [0.25, 0.3) is 0 Å². The second-order valence-corrected chi connectivity index (χ2v) is 2.91. The molecule has 0 saturated heterocycles. The molecule has 1 fully saturated rings. The van der Waals surface area contributed by atoms with E-state index in [-0.39, 0.29) is 0 Å². The zero-order valence-corrected chi connectivity index (χ0v) is 7.03. The Kier molecular flexibility index (Phi) is 1.73. The molecule has 0 aromatic carbocycles. The summed E-state index contributed by atoms with van der Waals surface area (Å²) < 4.78 is 7.05. The monoisotopic (exact) mass is 168 g/mol. The van der Waals surface area contributed by atoms with Gasteiger partial charge in [0.25, 0.3) is 0 Å². The lowest BCUT2D eigenvalue weighted by molar-refractivity contribution is 0.354. The minimum atomic E-state index is 0.423. The van der Waals surface area contributed by atoms with Crippen molar-refractivity contribution >= 4 is 0 Å². The second kappa shape index (κ2) is 2.75. The highest BCUT2D eigenvalue weighted by atomic mass is 16.5. The highest BCUT2D eigenvalue weighted by molar-refractivity contribution is 5.06. The van der Waals surface area contributed by atoms with E-state index in [9.17, 15) is 0 Å². The molecule has 2 rings (SSSR count). The summed E-state index contributed by atoms with van der Waals surface area (Å²) in [7, 11) is 1.60. The summed E-state index contributed by atoms with van der Waals surface area (Å²) in [6, 6.07) is 1.10. The number of nitrogens with two attached hydrogens (primary N) is 1. The SMILES string of the molecule is COc1nnc(CN)n1C1CC1. The van der Waals surface area contributed by atoms with E-state index >= 15 is 0 Å². The molecule has 5 heteroatoms. The van der Waals surface area contributed by atoms with Crippen molar-refractivity contribution in [1.29, 1.82) is 0 Å². The lowest BCUT2D eigenvalue weighted by atomic mass is 10.5. The zero-order chi connectivity index (χ0) is 8.55. The zero-order valence-electron chi connectivity index (χ0n) is 7.03. The molecule has 1 saturated carbocycles. The molecular weight excluding hydrogens is 156 g/mol. The fourth-order valence-electron chi connectivity index (χ4n) is 1.29. The van der Waals surface area contributed by atoms with Crippen molar-refractivity contribution in [2.75, 3.05) is 7.11 Å². The van der Waals surface area contributed by atoms with E-state index in [1.807, 2.05) is 4.57 Å². The molecule has 0 amide bonds. The summed E-state index contributed by atoms with van der Waals surface area (Å²) in [5, 5.41) is 7.81. The van der Waals surface area contributed by atoms with Crippen LogP contribution >= 0.6 is 0 Å². The van der Waals surface area contributed by atoms with Crippen LogP contribution in [-0.4, -0.2) is 21.9 Å². The fraction of sp³-hybridized carbons (Fsp3) is 0.714. The Labute approximate surface area is 70.5 Å². The molecule has 1 heterocycles. The third kappa shape index (κ3) is 1.06. The predicted molar refractivity (Wildman–Crippen MR) is 42.7 cm³/mol. The maximum atomic E-state index is 5.51. The Hall–Kier alpha value is -1.10. The first-order chi connectivity index (χ1) is 5.86. The normalized spacial score (nSPS) is 16.5. The second-order valence-electron chi connectivity index (χ2n) is 2.91. The summed E-state index contributed by atoms with van der Waals surface area (Å²) >= 11 is 0. The molecule has 1 aliphatic carbocycles. The highest BCUT2D eigenvalue weighted by Gasteiger charge is 2.29. The molecule has 0 unspecified atom stereocenters. The lowest BCUT2D eigenvalue weighted by Crippen LogP contribution is -2.08. The van der Waals surface area contributed by atoms with Gasteiger partial charge in [0.15, 0.2) is 0 Å². The number of aromatic nitrogens is 3. The van der Waals surface area contributed by atoms with E-state index in [1.165, 1.54) is 12.8 Å². The van der Waals surface area contributed by atoms with Gasteiger partial charge in [-0.15, -0.1) is 5.10 Å². The van der Waals surface area contributed by atoms with Crippen LogP contribution in [0.15, 0.2) is 0 Å². The smallest absolute Gasteiger partial charge is 0.316 e. The van der Waals surface area contributed by atoms with Gasteiger partial charge in [-0.2, -0.15) is 0 Å². The van der Waals surface area contributed by atoms with Gasteiger partial charge in [0.05, 0.1) is 13.7 Å². The van der Waals surface area contributed by atoms with Crippen LogP contribution in [-0.2, 0) is 6.54 Å². The van der Waals surface area contributed by atoms with Gasteiger partial charge >= 0.3 is 6.01 Å². The van der Waals surface area contributed by atoms with Crippen molar-refractivity contribution in [3.05, 3.63) is 5.82 Å². The molecule has 1 aromatic rings. The molecule has 5 nitrogen and oxygen atoms in total. The number of hydrogen-bond donors (Lipinski definition) is 1. The van der Waals surface area contributed by atoms with Gasteiger partial charge in [-0.3, -0.25) is 4.57 Å². The number of nitrogens with zero attached hydrogens (tertiary/aromatic N) is 3. The molecular formula is C7H12N4O. The third-order valence-corrected chi connectivity index (χ3v) is 2.01. The first-order valence-electron chi connectivity index (χ1n) is 4.04. The lowest BCUT2D eigenvalue weighted by Gasteiger charge is -2.04. The average Bonchev–Trinajstić information content (AvgIpc) is 2.85. The van der Waals surface area contributed by atoms with Crippen molar-refractivity contribution in [3.63, 3.8) is 0 Å². The molecule has 2 N–H and O–H groups in total. The summed E-state index contributed by atoms with van der Waals surface area (Å²) in [5.74, 6) is 0.814. The average molecular weight is 168 g/mol. The minimum Gasteiger partial charge on any atom is -0.467 e. The molecule has 0 atom stereocenters. The van der Waals surface area contributed by atoms with Crippen LogP contribution < -0.4 is 10.5 Å². The van der Waals surface area contributed by atoms with Crippen LogP contribution in [0.4, 0.5) is 0 Å². The number of methoxy groups -OCH3 is 1. The van der Waals surface area contributed by atoms with Crippen molar-refractivity contribution in [1.82, 2.24) is 14.8 Å². The molecule has 66 valence electrons. The molecule has 0 radical (unpaired) electrons. The molecule has 1 aliphatic rings. The largest absolute Gasteiger partial charge is 0.467 e. The molecule has 0 aliphatic heterocycles. The maximum absolute atomic E-state index is 5.51. The van der Waals surface area contributed by atoms with E-state index in [2.05, 4.69) is 10.2 Å². The number of hydrogen-bond acceptors (Lipinski definition) is 4. The standard InChI is InChI=1S/C7H12N4O/c1-12-7-10-9-6(4-8)11(7)5-2-3-5/h5H,2-4,8H2,1H3. The van der Waals surface area contributed by atoms with Gasteiger partial charge in [0.1, 0.15) is 5.82 Å². The van der Waals surface area contributed by atoms with E-state index in [1.54, 1.807) is 7.11 Å². The quantitative estimate of drug-likeness (QED) is 0.694. The summed E-state index contributed by atoms with van der Waals surface area (Å²) in [5.41, 5.74) is 5.51. The van der Waals surface area contributed by atoms with Gasteiger partial charge in [-0.05, 0) is 12.8 Å². The summed E-state index contributed by atoms with van der Waals surface area (Å²) in [6.45, 7) is 0.423.